The highest BCUT2D eigenvalue weighted by Crippen LogP contribution is 2.19. The standard InChI is InChI=1S/C18H25ClN4O/c1-4-20-18(21-11-14-8-9-23(2)13-14)22-12-17(24-3)15-6-5-7-16(19)10-15/h5-10,13,17H,4,11-12H2,1-3H3,(H2,20,21,22). The van der Waals surface area contributed by atoms with Crippen LogP contribution in [0.15, 0.2) is 47.7 Å². The number of aryl methyl sites for hydroxylation is 1. The molecule has 1 atom stereocenters. The Kier molecular flexibility index (Phi) is 7.15. The Labute approximate surface area is 148 Å². The fourth-order valence-corrected chi connectivity index (χ4v) is 2.60. The second-order valence-corrected chi connectivity index (χ2v) is 5.98. The number of aromatic nitrogens is 1. The topological polar surface area (TPSA) is 50.6 Å². The Balaban J connectivity index is 1.98. The summed E-state index contributed by atoms with van der Waals surface area (Å²) in [7, 11) is 3.70. The van der Waals surface area contributed by atoms with Gasteiger partial charge in [-0.1, -0.05) is 23.7 Å². The number of halogens is 1. The summed E-state index contributed by atoms with van der Waals surface area (Å²) in [4.78, 5) is 4.61. The van der Waals surface area contributed by atoms with Crippen LogP contribution in [0.1, 0.15) is 24.2 Å². The van der Waals surface area contributed by atoms with E-state index in [1.165, 1.54) is 5.56 Å². The molecule has 0 saturated heterocycles. The second kappa shape index (κ2) is 9.35. The van der Waals surface area contributed by atoms with Crippen LogP contribution in [0.3, 0.4) is 0 Å². The van der Waals surface area contributed by atoms with E-state index in [2.05, 4.69) is 27.9 Å². The van der Waals surface area contributed by atoms with Crippen LogP contribution in [-0.4, -0.2) is 30.7 Å². The Bertz CT molecular complexity index is 669. The number of rotatable bonds is 7. The van der Waals surface area contributed by atoms with E-state index in [4.69, 9.17) is 16.3 Å². The summed E-state index contributed by atoms with van der Waals surface area (Å²) in [6, 6.07) is 9.78. The van der Waals surface area contributed by atoms with Gasteiger partial charge in [-0.25, -0.2) is 4.99 Å². The molecule has 1 unspecified atom stereocenters. The second-order valence-electron chi connectivity index (χ2n) is 5.54. The molecule has 130 valence electrons. The number of benzene rings is 1. The first-order valence-corrected chi connectivity index (χ1v) is 8.41. The normalized spacial score (nSPS) is 12.9. The van der Waals surface area contributed by atoms with Gasteiger partial charge in [-0.05, 0) is 36.2 Å². The van der Waals surface area contributed by atoms with Crippen molar-refractivity contribution in [2.75, 3.05) is 20.2 Å². The van der Waals surface area contributed by atoms with Crippen molar-refractivity contribution < 1.29 is 4.74 Å². The first-order chi connectivity index (χ1) is 11.6. The highest BCUT2D eigenvalue weighted by atomic mass is 35.5. The molecule has 0 saturated carbocycles. The maximum Gasteiger partial charge on any atom is 0.191 e. The molecule has 2 aromatic rings. The van der Waals surface area contributed by atoms with Gasteiger partial charge in [0.15, 0.2) is 5.96 Å². The zero-order valence-electron chi connectivity index (χ0n) is 14.4. The lowest BCUT2D eigenvalue weighted by molar-refractivity contribution is 0.106. The molecule has 0 amide bonds. The van der Waals surface area contributed by atoms with E-state index in [0.29, 0.717) is 18.1 Å². The third kappa shape index (κ3) is 5.58. The zero-order valence-corrected chi connectivity index (χ0v) is 15.2. The summed E-state index contributed by atoms with van der Waals surface area (Å²) < 4.78 is 7.60. The first-order valence-electron chi connectivity index (χ1n) is 8.03. The van der Waals surface area contributed by atoms with Crippen molar-refractivity contribution >= 4 is 17.6 Å². The highest BCUT2D eigenvalue weighted by molar-refractivity contribution is 6.30. The average molecular weight is 349 g/mol. The first kappa shape index (κ1) is 18.4. The van der Waals surface area contributed by atoms with Crippen LogP contribution >= 0.6 is 11.6 Å². The van der Waals surface area contributed by atoms with Crippen LogP contribution in [0.5, 0.6) is 0 Å². The maximum atomic E-state index is 6.06. The van der Waals surface area contributed by atoms with E-state index >= 15 is 0 Å². The molecule has 0 bridgehead atoms. The number of aliphatic imine (C=N–C) groups is 1. The Hall–Kier alpha value is -1.98. The van der Waals surface area contributed by atoms with Gasteiger partial charge in [0.2, 0.25) is 0 Å². The predicted molar refractivity (Wildman–Crippen MR) is 99.4 cm³/mol. The van der Waals surface area contributed by atoms with E-state index in [1.54, 1.807) is 7.11 Å². The number of hydrogen-bond acceptors (Lipinski definition) is 2. The van der Waals surface area contributed by atoms with Crippen LogP contribution in [0.4, 0.5) is 0 Å². The van der Waals surface area contributed by atoms with Crippen molar-refractivity contribution in [3.05, 3.63) is 58.9 Å². The molecule has 0 radical (unpaired) electrons. The molecule has 0 aliphatic carbocycles. The number of methoxy groups -OCH3 is 1. The molecular weight excluding hydrogens is 324 g/mol. The van der Waals surface area contributed by atoms with E-state index in [1.807, 2.05) is 49.0 Å². The largest absolute Gasteiger partial charge is 0.375 e. The van der Waals surface area contributed by atoms with E-state index in [9.17, 15) is 0 Å². The molecule has 6 heteroatoms. The smallest absolute Gasteiger partial charge is 0.191 e. The SMILES string of the molecule is CCNC(=NCc1ccn(C)c1)NCC(OC)c1cccc(Cl)c1. The zero-order chi connectivity index (χ0) is 17.4. The van der Waals surface area contributed by atoms with Gasteiger partial charge in [0, 0.05) is 44.7 Å². The quantitative estimate of drug-likeness (QED) is 0.597. The van der Waals surface area contributed by atoms with Gasteiger partial charge in [0.05, 0.1) is 12.6 Å². The number of nitrogens with zero attached hydrogens (tertiary/aromatic N) is 2. The Morgan fingerprint density at radius 3 is 2.79 bits per heavy atom. The van der Waals surface area contributed by atoms with Crippen LogP contribution in [0, 0.1) is 0 Å². The summed E-state index contributed by atoms with van der Waals surface area (Å²) in [6.45, 7) is 4.09. The molecule has 0 spiro atoms. The number of nitrogens with one attached hydrogen (secondary N) is 2. The summed E-state index contributed by atoms with van der Waals surface area (Å²) in [5.74, 6) is 0.769. The van der Waals surface area contributed by atoms with Crippen molar-refractivity contribution in [1.82, 2.24) is 15.2 Å². The lowest BCUT2D eigenvalue weighted by Gasteiger charge is -2.19. The summed E-state index contributed by atoms with van der Waals surface area (Å²) in [5, 5.41) is 7.29. The van der Waals surface area contributed by atoms with E-state index in [-0.39, 0.29) is 6.10 Å². The third-order valence-electron chi connectivity index (χ3n) is 3.62. The number of ether oxygens (including phenoxy) is 1. The summed E-state index contributed by atoms with van der Waals surface area (Å²) in [5.41, 5.74) is 2.21. The van der Waals surface area contributed by atoms with Crippen LogP contribution in [0.2, 0.25) is 5.02 Å². The van der Waals surface area contributed by atoms with Gasteiger partial charge in [-0.2, -0.15) is 0 Å². The number of guanidine groups is 1. The van der Waals surface area contributed by atoms with Crippen LogP contribution in [0.25, 0.3) is 0 Å². The summed E-state index contributed by atoms with van der Waals surface area (Å²) in [6.07, 6.45) is 3.99. The highest BCUT2D eigenvalue weighted by Gasteiger charge is 2.11. The predicted octanol–water partition coefficient (Wildman–Crippen LogP) is 3.12. The van der Waals surface area contributed by atoms with E-state index < -0.39 is 0 Å². The van der Waals surface area contributed by atoms with Crippen molar-refractivity contribution in [1.29, 1.82) is 0 Å². The molecule has 0 fully saturated rings. The Morgan fingerprint density at radius 1 is 1.33 bits per heavy atom. The average Bonchev–Trinajstić information content (AvgIpc) is 2.98. The van der Waals surface area contributed by atoms with E-state index in [0.717, 1.165) is 18.1 Å². The minimum absolute atomic E-state index is 0.0933. The van der Waals surface area contributed by atoms with Gasteiger partial charge < -0.3 is 19.9 Å². The molecule has 24 heavy (non-hydrogen) atoms. The Morgan fingerprint density at radius 2 is 2.17 bits per heavy atom. The van der Waals surface area contributed by atoms with Gasteiger partial charge in [0.1, 0.15) is 0 Å². The fraction of sp³-hybridized carbons (Fsp3) is 0.389. The van der Waals surface area contributed by atoms with Crippen molar-refractivity contribution in [3.63, 3.8) is 0 Å². The third-order valence-corrected chi connectivity index (χ3v) is 3.85. The van der Waals surface area contributed by atoms with Crippen LogP contribution in [-0.2, 0) is 18.3 Å². The molecule has 0 aliphatic rings. The molecule has 1 heterocycles. The van der Waals surface area contributed by atoms with Gasteiger partial charge in [-0.3, -0.25) is 0 Å². The minimum atomic E-state index is -0.0933. The molecular formula is C18H25ClN4O. The van der Waals surface area contributed by atoms with Crippen molar-refractivity contribution in [2.45, 2.75) is 19.6 Å². The molecule has 2 rings (SSSR count). The maximum absolute atomic E-state index is 6.06. The van der Waals surface area contributed by atoms with Crippen molar-refractivity contribution in [3.8, 4) is 0 Å². The molecule has 0 aliphatic heterocycles. The van der Waals surface area contributed by atoms with Gasteiger partial charge in [0.25, 0.3) is 0 Å². The molecule has 5 nitrogen and oxygen atoms in total. The minimum Gasteiger partial charge on any atom is -0.375 e. The molecule has 1 aromatic carbocycles. The summed E-state index contributed by atoms with van der Waals surface area (Å²) >= 11 is 6.06. The number of hydrogen-bond donors (Lipinski definition) is 2. The van der Waals surface area contributed by atoms with Crippen molar-refractivity contribution in [2.24, 2.45) is 12.0 Å². The molecule has 2 N–H and O–H groups in total. The fourth-order valence-electron chi connectivity index (χ4n) is 2.40. The molecule has 1 aromatic heterocycles. The lowest BCUT2D eigenvalue weighted by atomic mass is 10.1. The monoisotopic (exact) mass is 348 g/mol. The van der Waals surface area contributed by atoms with Gasteiger partial charge in [-0.15, -0.1) is 0 Å². The van der Waals surface area contributed by atoms with Crippen LogP contribution < -0.4 is 10.6 Å². The van der Waals surface area contributed by atoms with Gasteiger partial charge >= 0.3 is 0 Å². The lowest BCUT2D eigenvalue weighted by Crippen LogP contribution is -2.39.